The number of rotatable bonds is 8. The summed E-state index contributed by atoms with van der Waals surface area (Å²) in [6.45, 7) is 8.61. The van der Waals surface area contributed by atoms with Crippen molar-refractivity contribution in [2.45, 2.75) is 59.5 Å². The molecule has 0 saturated heterocycles. The molecular weight excluding hydrogens is 390 g/mol. The molecule has 0 aromatic carbocycles. The molecule has 1 atom stereocenters. The normalized spacial score (nSPS) is 12.6. The van der Waals surface area contributed by atoms with Crippen LogP contribution in [0.2, 0.25) is 0 Å². The van der Waals surface area contributed by atoms with Gasteiger partial charge in [0.05, 0.1) is 17.8 Å². The van der Waals surface area contributed by atoms with Crippen molar-refractivity contribution < 1.29 is 4.79 Å². The Morgan fingerprint density at radius 1 is 1.29 bits per heavy atom. The van der Waals surface area contributed by atoms with E-state index in [1.165, 1.54) is 16.2 Å². The molecule has 0 aliphatic carbocycles. The molecule has 3 rings (SSSR count). The molecule has 0 saturated carbocycles. The lowest BCUT2D eigenvalue weighted by Crippen LogP contribution is -2.34. The first-order chi connectivity index (χ1) is 13.5. The summed E-state index contributed by atoms with van der Waals surface area (Å²) in [5.41, 5.74) is 0.928. The van der Waals surface area contributed by atoms with Crippen LogP contribution in [0.1, 0.15) is 54.5 Å². The highest BCUT2D eigenvalue weighted by atomic mass is 32.1. The molecule has 0 radical (unpaired) electrons. The Kier molecular flexibility index (Phi) is 6.67. The zero-order valence-corrected chi connectivity index (χ0v) is 18.5. The lowest BCUT2D eigenvalue weighted by molar-refractivity contribution is -0.122. The molecule has 1 amide bonds. The van der Waals surface area contributed by atoms with E-state index < -0.39 is 0 Å². The van der Waals surface area contributed by atoms with E-state index in [0.717, 1.165) is 28.1 Å². The molecule has 1 unspecified atom stereocenters. The summed E-state index contributed by atoms with van der Waals surface area (Å²) in [7, 11) is 0. The molecule has 5 nitrogen and oxygen atoms in total. The van der Waals surface area contributed by atoms with Crippen LogP contribution >= 0.6 is 22.7 Å². The van der Waals surface area contributed by atoms with Gasteiger partial charge in [-0.3, -0.25) is 14.2 Å². The first kappa shape index (κ1) is 20.7. The summed E-state index contributed by atoms with van der Waals surface area (Å²) in [5.74, 6) is 0.371. The number of hydrogen-bond acceptors (Lipinski definition) is 5. The topological polar surface area (TPSA) is 64.0 Å². The van der Waals surface area contributed by atoms with Crippen LogP contribution in [0, 0.1) is 19.8 Å². The van der Waals surface area contributed by atoms with Gasteiger partial charge < -0.3 is 5.32 Å². The maximum Gasteiger partial charge on any atom is 0.262 e. The van der Waals surface area contributed by atoms with E-state index in [4.69, 9.17) is 0 Å². The van der Waals surface area contributed by atoms with Gasteiger partial charge in [0.2, 0.25) is 5.91 Å². The highest BCUT2D eigenvalue weighted by Crippen LogP contribution is 2.30. The van der Waals surface area contributed by atoms with Crippen molar-refractivity contribution in [2.75, 3.05) is 0 Å². The Balaban J connectivity index is 1.73. The number of nitrogens with one attached hydrogen (secondary N) is 1. The summed E-state index contributed by atoms with van der Waals surface area (Å²) < 4.78 is 1.55. The summed E-state index contributed by atoms with van der Waals surface area (Å²) in [5, 5.41) is 5.93. The van der Waals surface area contributed by atoms with Crippen LogP contribution in [0.5, 0.6) is 0 Å². The molecule has 0 aliphatic rings. The molecule has 1 N–H and O–H groups in total. The maximum absolute atomic E-state index is 12.8. The minimum Gasteiger partial charge on any atom is -0.348 e. The predicted octanol–water partition coefficient (Wildman–Crippen LogP) is 4.82. The Hall–Kier alpha value is -1.99. The van der Waals surface area contributed by atoms with Crippen molar-refractivity contribution in [3.63, 3.8) is 0 Å². The van der Waals surface area contributed by atoms with Gasteiger partial charge in [-0.05, 0) is 36.8 Å². The fourth-order valence-corrected chi connectivity index (χ4v) is 5.40. The molecule has 0 fully saturated rings. The van der Waals surface area contributed by atoms with Gasteiger partial charge in [-0.25, -0.2) is 4.98 Å². The van der Waals surface area contributed by atoms with E-state index in [-0.39, 0.29) is 23.9 Å². The molecule has 0 bridgehead atoms. The molecule has 28 heavy (non-hydrogen) atoms. The Labute approximate surface area is 173 Å². The minimum absolute atomic E-state index is 0.0293. The van der Waals surface area contributed by atoms with Crippen LogP contribution in [0.3, 0.4) is 0 Å². The average Bonchev–Trinajstić information content (AvgIpc) is 3.30. The Morgan fingerprint density at radius 3 is 2.68 bits per heavy atom. The number of carbonyl (C=O) groups excluding carboxylic acids is 1. The number of nitrogens with zero attached hydrogens (tertiary/aromatic N) is 2. The van der Waals surface area contributed by atoms with Crippen LogP contribution in [0.25, 0.3) is 10.2 Å². The van der Waals surface area contributed by atoms with Crippen molar-refractivity contribution in [1.29, 1.82) is 0 Å². The van der Waals surface area contributed by atoms with Crippen LogP contribution in [-0.4, -0.2) is 15.5 Å². The van der Waals surface area contributed by atoms with Crippen molar-refractivity contribution in [1.82, 2.24) is 14.9 Å². The molecule has 3 aromatic heterocycles. The van der Waals surface area contributed by atoms with Gasteiger partial charge >= 0.3 is 0 Å². The van der Waals surface area contributed by atoms with Gasteiger partial charge in [0.25, 0.3) is 5.56 Å². The van der Waals surface area contributed by atoms with Crippen molar-refractivity contribution in [3.05, 3.63) is 49.5 Å². The number of fused-ring (bicyclic) bond motifs is 1. The first-order valence-corrected chi connectivity index (χ1v) is 11.4. The van der Waals surface area contributed by atoms with Crippen molar-refractivity contribution in [3.8, 4) is 0 Å². The van der Waals surface area contributed by atoms with Gasteiger partial charge in [-0.2, -0.15) is 0 Å². The number of aromatic nitrogens is 2. The van der Waals surface area contributed by atoms with E-state index in [1.54, 1.807) is 22.2 Å². The third kappa shape index (κ3) is 4.20. The highest BCUT2D eigenvalue weighted by Gasteiger charge is 2.23. The average molecular weight is 418 g/mol. The van der Waals surface area contributed by atoms with Crippen LogP contribution < -0.4 is 10.9 Å². The number of amides is 1. The number of hydrogen-bond donors (Lipinski definition) is 1. The molecule has 0 spiro atoms. The van der Waals surface area contributed by atoms with Gasteiger partial charge in [-0.1, -0.05) is 32.8 Å². The van der Waals surface area contributed by atoms with Crippen molar-refractivity contribution >= 4 is 38.8 Å². The molecule has 7 heteroatoms. The molecule has 150 valence electrons. The second-order valence-electron chi connectivity index (χ2n) is 7.09. The number of thiophene rings is 2. The minimum atomic E-state index is -0.0607. The van der Waals surface area contributed by atoms with Gasteiger partial charge in [-0.15, -0.1) is 22.7 Å². The van der Waals surface area contributed by atoms with Gasteiger partial charge in [0.1, 0.15) is 4.83 Å². The monoisotopic (exact) mass is 417 g/mol. The predicted molar refractivity (Wildman–Crippen MR) is 117 cm³/mol. The lowest BCUT2D eigenvalue weighted by Gasteiger charge is -2.25. The Morgan fingerprint density at radius 2 is 2.04 bits per heavy atom. The van der Waals surface area contributed by atoms with Gasteiger partial charge in [0, 0.05) is 22.7 Å². The van der Waals surface area contributed by atoms with Gasteiger partial charge in [0.15, 0.2) is 0 Å². The fraction of sp³-hybridized carbons (Fsp3) is 0.476. The summed E-state index contributed by atoms with van der Waals surface area (Å²) in [4.78, 5) is 32.9. The molecular formula is C21H27N3O2S2. The molecule has 3 heterocycles. The zero-order valence-electron chi connectivity index (χ0n) is 16.8. The number of aryl methyl sites for hydroxylation is 3. The fourth-order valence-electron chi connectivity index (χ4n) is 3.55. The van der Waals surface area contributed by atoms with E-state index in [1.807, 2.05) is 25.3 Å². The maximum atomic E-state index is 12.8. The second-order valence-corrected chi connectivity index (χ2v) is 9.28. The number of carbonyl (C=O) groups is 1. The van der Waals surface area contributed by atoms with E-state index >= 15 is 0 Å². The summed E-state index contributed by atoms with van der Waals surface area (Å²) in [6.07, 6.45) is 3.84. The summed E-state index contributed by atoms with van der Waals surface area (Å²) >= 11 is 3.21. The lowest BCUT2D eigenvalue weighted by atomic mass is 9.93. The molecule has 3 aromatic rings. The second kappa shape index (κ2) is 9.01. The highest BCUT2D eigenvalue weighted by molar-refractivity contribution is 7.18. The van der Waals surface area contributed by atoms with Crippen LogP contribution in [0.4, 0.5) is 0 Å². The third-order valence-electron chi connectivity index (χ3n) is 5.42. The van der Waals surface area contributed by atoms with E-state index in [0.29, 0.717) is 17.8 Å². The zero-order chi connectivity index (χ0) is 20.3. The summed E-state index contributed by atoms with van der Waals surface area (Å²) in [6, 6.07) is 4.13. The van der Waals surface area contributed by atoms with Crippen molar-refractivity contribution in [2.24, 2.45) is 5.92 Å². The van der Waals surface area contributed by atoms with E-state index in [2.05, 4.69) is 30.2 Å². The third-order valence-corrected chi connectivity index (χ3v) is 7.49. The van der Waals surface area contributed by atoms with Crippen LogP contribution in [-0.2, 0) is 11.3 Å². The first-order valence-electron chi connectivity index (χ1n) is 9.74. The molecule has 0 aliphatic heterocycles. The Bertz CT molecular complexity index is 1000. The quantitative estimate of drug-likeness (QED) is 0.571. The smallest absolute Gasteiger partial charge is 0.262 e. The standard InChI is InChI=1S/C21H27N3O2S2/c1-5-15(6-2)19(16-8-7-11-27-16)23-17(25)9-10-24-12-22-20-18(21(24)26)13(3)14(4)28-20/h7-8,11-12,15,19H,5-6,9-10H2,1-4H3,(H,23,25). The SMILES string of the molecule is CCC(CC)C(NC(=O)CCn1cnc2sc(C)c(C)c2c1=O)c1cccs1. The largest absolute Gasteiger partial charge is 0.348 e. The van der Waals surface area contributed by atoms with E-state index in [9.17, 15) is 9.59 Å². The van der Waals surface area contributed by atoms with Crippen LogP contribution in [0.15, 0.2) is 28.6 Å².